The van der Waals surface area contributed by atoms with E-state index in [-0.39, 0.29) is 0 Å². The molecular formula is C13H28N2S. The van der Waals surface area contributed by atoms with Crippen LogP contribution in [0, 0.1) is 0 Å². The lowest BCUT2D eigenvalue weighted by Gasteiger charge is -2.30. The van der Waals surface area contributed by atoms with Gasteiger partial charge in [0, 0.05) is 24.9 Å². The molecule has 0 saturated carbocycles. The molecule has 3 heteroatoms. The largest absolute Gasteiger partial charge is 0.315 e. The van der Waals surface area contributed by atoms with Crippen LogP contribution >= 0.6 is 11.8 Å². The van der Waals surface area contributed by atoms with Gasteiger partial charge in [0.15, 0.2) is 0 Å². The van der Waals surface area contributed by atoms with Gasteiger partial charge in [0.05, 0.1) is 0 Å². The van der Waals surface area contributed by atoms with Crippen LogP contribution in [0.15, 0.2) is 0 Å². The highest BCUT2D eigenvalue weighted by Gasteiger charge is 2.18. The van der Waals surface area contributed by atoms with Crippen molar-refractivity contribution in [3.63, 3.8) is 0 Å². The van der Waals surface area contributed by atoms with E-state index in [1.165, 1.54) is 63.4 Å². The van der Waals surface area contributed by atoms with E-state index in [9.17, 15) is 0 Å². The third-order valence-corrected chi connectivity index (χ3v) is 4.25. The first kappa shape index (κ1) is 14.3. The molecule has 0 amide bonds. The highest BCUT2D eigenvalue weighted by Crippen LogP contribution is 2.14. The molecule has 0 aromatic heterocycles. The number of hydrogen-bond donors (Lipinski definition) is 1. The smallest absolute Gasteiger partial charge is 0.0220 e. The Kier molecular flexibility index (Phi) is 8.34. The lowest BCUT2D eigenvalue weighted by molar-refractivity contribution is 0.195. The van der Waals surface area contributed by atoms with Crippen molar-refractivity contribution in [3.05, 3.63) is 0 Å². The number of nitrogens with one attached hydrogen (secondary N) is 1. The van der Waals surface area contributed by atoms with Crippen LogP contribution in [0.1, 0.15) is 39.5 Å². The van der Waals surface area contributed by atoms with Crippen LogP contribution in [-0.2, 0) is 0 Å². The van der Waals surface area contributed by atoms with Gasteiger partial charge in [0.1, 0.15) is 0 Å². The van der Waals surface area contributed by atoms with E-state index >= 15 is 0 Å². The third-order valence-electron chi connectivity index (χ3n) is 3.20. The van der Waals surface area contributed by atoms with E-state index < -0.39 is 0 Å². The lowest BCUT2D eigenvalue weighted by Crippen LogP contribution is -2.43. The fourth-order valence-electron chi connectivity index (χ4n) is 2.32. The fourth-order valence-corrected chi connectivity index (χ4v) is 3.22. The van der Waals surface area contributed by atoms with Gasteiger partial charge in [-0.15, -0.1) is 0 Å². The molecule has 1 unspecified atom stereocenters. The van der Waals surface area contributed by atoms with Crippen molar-refractivity contribution >= 4 is 11.8 Å². The monoisotopic (exact) mass is 244 g/mol. The molecule has 0 aliphatic carbocycles. The maximum atomic E-state index is 3.59. The predicted molar refractivity (Wildman–Crippen MR) is 75.4 cm³/mol. The topological polar surface area (TPSA) is 15.3 Å². The molecule has 0 aromatic carbocycles. The predicted octanol–water partition coefficient (Wildman–Crippen LogP) is 2.59. The highest BCUT2D eigenvalue weighted by molar-refractivity contribution is 7.99. The molecule has 1 atom stereocenters. The van der Waals surface area contributed by atoms with Crippen LogP contribution in [0.3, 0.4) is 0 Å². The molecule has 2 nitrogen and oxygen atoms in total. The second-order valence-corrected chi connectivity index (χ2v) is 5.87. The first-order valence-corrected chi connectivity index (χ1v) is 8.06. The Morgan fingerprint density at radius 1 is 1.19 bits per heavy atom. The van der Waals surface area contributed by atoms with Crippen LogP contribution in [0.2, 0.25) is 0 Å². The summed E-state index contributed by atoms with van der Waals surface area (Å²) in [4.78, 5) is 2.71. The van der Waals surface area contributed by atoms with Gasteiger partial charge >= 0.3 is 0 Å². The summed E-state index contributed by atoms with van der Waals surface area (Å²) in [5.41, 5.74) is 0. The Morgan fingerprint density at radius 2 is 2.06 bits per heavy atom. The van der Waals surface area contributed by atoms with E-state index in [0.717, 1.165) is 6.04 Å². The second kappa shape index (κ2) is 9.32. The maximum absolute atomic E-state index is 3.59. The van der Waals surface area contributed by atoms with Gasteiger partial charge < -0.3 is 5.32 Å². The Hall–Kier alpha value is 0.270. The number of rotatable bonds is 7. The Balaban J connectivity index is 2.33. The SMILES string of the molecule is CCCNCC(CCC)N1CCCSCC1. The molecule has 0 bridgehead atoms. The van der Waals surface area contributed by atoms with Crippen molar-refractivity contribution in [2.24, 2.45) is 0 Å². The quantitative estimate of drug-likeness (QED) is 0.693. The summed E-state index contributed by atoms with van der Waals surface area (Å²) in [5, 5.41) is 3.59. The minimum absolute atomic E-state index is 0.773. The van der Waals surface area contributed by atoms with Crippen molar-refractivity contribution in [2.45, 2.75) is 45.6 Å². The molecule has 0 aromatic rings. The molecular weight excluding hydrogens is 216 g/mol. The zero-order valence-electron chi connectivity index (χ0n) is 11.0. The molecule has 96 valence electrons. The molecule has 0 spiro atoms. The molecule has 1 heterocycles. The van der Waals surface area contributed by atoms with Crippen molar-refractivity contribution in [2.75, 3.05) is 37.7 Å². The average molecular weight is 244 g/mol. The summed E-state index contributed by atoms with van der Waals surface area (Å²) in [6.45, 7) is 9.51. The van der Waals surface area contributed by atoms with Gasteiger partial charge in [0.2, 0.25) is 0 Å². The molecule has 1 aliphatic rings. The van der Waals surface area contributed by atoms with Gasteiger partial charge in [-0.2, -0.15) is 11.8 Å². The van der Waals surface area contributed by atoms with Crippen molar-refractivity contribution in [3.8, 4) is 0 Å². The zero-order chi connectivity index (χ0) is 11.6. The standard InChI is InChI=1S/C13H28N2S/c1-3-6-13(12-14-7-4-2)15-8-5-10-16-11-9-15/h13-14H,3-12H2,1-2H3. The molecule has 1 saturated heterocycles. The first-order chi connectivity index (χ1) is 7.88. The maximum Gasteiger partial charge on any atom is 0.0220 e. The summed E-state index contributed by atoms with van der Waals surface area (Å²) in [6.07, 6.45) is 5.27. The van der Waals surface area contributed by atoms with Crippen LogP contribution < -0.4 is 5.32 Å². The fraction of sp³-hybridized carbons (Fsp3) is 1.00. The van der Waals surface area contributed by atoms with E-state index in [0.29, 0.717) is 0 Å². The minimum Gasteiger partial charge on any atom is -0.315 e. The van der Waals surface area contributed by atoms with E-state index in [1.807, 2.05) is 0 Å². The van der Waals surface area contributed by atoms with Crippen LogP contribution in [0.4, 0.5) is 0 Å². The number of nitrogens with zero attached hydrogens (tertiary/aromatic N) is 1. The minimum atomic E-state index is 0.773. The lowest BCUT2D eigenvalue weighted by atomic mass is 10.1. The van der Waals surface area contributed by atoms with E-state index in [1.54, 1.807) is 0 Å². The van der Waals surface area contributed by atoms with Gasteiger partial charge in [-0.25, -0.2) is 0 Å². The van der Waals surface area contributed by atoms with Crippen molar-refractivity contribution in [1.82, 2.24) is 10.2 Å². The van der Waals surface area contributed by atoms with Gasteiger partial charge in [-0.3, -0.25) is 4.90 Å². The molecule has 0 radical (unpaired) electrons. The summed E-state index contributed by atoms with van der Waals surface area (Å²) < 4.78 is 0. The Labute approximate surface area is 106 Å². The van der Waals surface area contributed by atoms with Gasteiger partial charge in [-0.05, 0) is 38.1 Å². The normalized spacial score (nSPS) is 20.6. The van der Waals surface area contributed by atoms with Crippen LogP contribution in [-0.4, -0.2) is 48.6 Å². The molecule has 1 N–H and O–H groups in total. The summed E-state index contributed by atoms with van der Waals surface area (Å²) in [6, 6.07) is 0.773. The molecule has 16 heavy (non-hydrogen) atoms. The Morgan fingerprint density at radius 3 is 2.81 bits per heavy atom. The third kappa shape index (κ3) is 5.55. The van der Waals surface area contributed by atoms with Crippen LogP contribution in [0.5, 0.6) is 0 Å². The Bertz CT molecular complexity index is 156. The van der Waals surface area contributed by atoms with Crippen molar-refractivity contribution < 1.29 is 0 Å². The molecule has 1 fully saturated rings. The summed E-state index contributed by atoms with van der Waals surface area (Å²) in [5.74, 6) is 2.69. The molecule has 1 rings (SSSR count). The average Bonchev–Trinajstić information content (AvgIpc) is 2.57. The van der Waals surface area contributed by atoms with Gasteiger partial charge in [-0.1, -0.05) is 20.3 Å². The number of hydrogen-bond acceptors (Lipinski definition) is 3. The van der Waals surface area contributed by atoms with E-state index in [2.05, 4.69) is 35.8 Å². The molecule has 1 aliphatic heterocycles. The van der Waals surface area contributed by atoms with Gasteiger partial charge in [0.25, 0.3) is 0 Å². The van der Waals surface area contributed by atoms with Crippen LogP contribution in [0.25, 0.3) is 0 Å². The van der Waals surface area contributed by atoms with Crippen molar-refractivity contribution in [1.29, 1.82) is 0 Å². The first-order valence-electron chi connectivity index (χ1n) is 6.91. The summed E-state index contributed by atoms with van der Waals surface area (Å²) in [7, 11) is 0. The second-order valence-electron chi connectivity index (χ2n) is 4.65. The van der Waals surface area contributed by atoms with E-state index in [4.69, 9.17) is 0 Å². The zero-order valence-corrected chi connectivity index (χ0v) is 11.8. The summed E-state index contributed by atoms with van der Waals surface area (Å²) >= 11 is 2.12. The number of thioether (sulfide) groups is 1. The highest BCUT2D eigenvalue weighted by atomic mass is 32.2.